The van der Waals surface area contributed by atoms with E-state index >= 15 is 0 Å². The number of aliphatic imine (C=N–C) groups is 1. The van der Waals surface area contributed by atoms with Gasteiger partial charge < -0.3 is 5.32 Å². The number of aryl methyl sites for hydroxylation is 1. The molecule has 0 atom stereocenters. The van der Waals surface area contributed by atoms with Crippen molar-refractivity contribution in [2.24, 2.45) is 4.99 Å². The van der Waals surface area contributed by atoms with Crippen LogP contribution < -0.4 is 5.32 Å². The summed E-state index contributed by atoms with van der Waals surface area (Å²) < 4.78 is 0. The summed E-state index contributed by atoms with van der Waals surface area (Å²) in [5.41, 5.74) is 2.75. The molecule has 1 aliphatic heterocycles. The predicted octanol–water partition coefficient (Wildman–Crippen LogP) is 3.31. The molecule has 0 bridgehead atoms. The smallest absolute Gasteiger partial charge is 0.0965 e. The summed E-state index contributed by atoms with van der Waals surface area (Å²) in [6, 6.07) is 8.85. The van der Waals surface area contributed by atoms with Gasteiger partial charge in [-0.05, 0) is 30.4 Å². The van der Waals surface area contributed by atoms with E-state index < -0.39 is 0 Å². The van der Waals surface area contributed by atoms with Crippen LogP contribution in [0.5, 0.6) is 0 Å². The number of amidine groups is 1. The Morgan fingerprint density at radius 2 is 1.82 bits per heavy atom. The first-order chi connectivity index (χ1) is 8.38. The van der Waals surface area contributed by atoms with Gasteiger partial charge in [-0.1, -0.05) is 37.6 Å². The number of nitrogens with zero attached hydrogens (tertiary/aromatic N) is 1. The van der Waals surface area contributed by atoms with Crippen molar-refractivity contribution in [1.82, 2.24) is 5.32 Å². The highest BCUT2D eigenvalue weighted by Gasteiger charge is 2.03. The standard InChI is InChI=1S/C15H22N2/c1-2-13-7-9-14(10-8-13)12-17-15-6-4-3-5-11-16-15/h7-10H,2-6,11-12H2,1H3,(H,16,17). The first kappa shape index (κ1) is 12.2. The zero-order chi connectivity index (χ0) is 11.9. The van der Waals surface area contributed by atoms with E-state index in [0.29, 0.717) is 0 Å². The molecule has 1 N–H and O–H groups in total. The highest BCUT2D eigenvalue weighted by Crippen LogP contribution is 2.08. The number of hydrogen-bond acceptors (Lipinski definition) is 2. The summed E-state index contributed by atoms with van der Waals surface area (Å²) in [6.07, 6.45) is 6.07. The first-order valence-electron chi connectivity index (χ1n) is 6.73. The molecular weight excluding hydrogens is 208 g/mol. The Kier molecular flexibility index (Phi) is 4.60. The molecule has 0 aromatic heterocycles. The third kappa shape index (κ3) is 3.88. The topological polar surface area (TPSA) is 24.4 Å². The minimum absolute atomic E-state index is 0.906. The molecule has 1 aromatic carbocycles. The molecule has 0 radical (unpaired) electrons. The molecule has 1 heterocycles. The second-order valence-electron chi connectivity index (χ2n) is 4.66. The Balaban J connectivity index is 1.85. The maximum absolute atomic E-state index is 4.58. The SMILES string of the molecule is CCc1ccc(CNC2=NCCCCC2)cc1. The molecule has 0 amide bonds. The van der Waals surface area contributed by atoms with Crippen LogP contribution in [0.2, 0.25) is 0 Å². The monoisotopic (exact) mass is 230 g/mol. The fourth-order valence-corrected chi connectivity index (χ4v) is 2.12. The summed E-state index contributed by atoms with van der Waals surface area (Å²) in [7, 11) is 0. The number of nitrogens with one attached hydrogen (secondary N) is 1. The van der Waals surface area contributed by atoms with Gasteiger partial charge >= 0.3 is 0 Å². The molecule has 2 nitrogen and oxygen atoms in total. The van der Waals surface area contributed by atoms with Gasteiger partial charge in [-0.3, -0.25) is 4.99 Å². The quantitative estimate of drug-likeness (QED) is 0.846. The summed E-state index contributed by atoms with van der Waals surface area (Å²) in [5, 5.41) is 3.47. The van der Waals surface area contributed by atoms with Crippen LogP contribution in [0.15, 0.2) is 29.3 Å². The molecule has 92 valence electrons. The molecule has 1 aliphatic rings. The number of benzene rings is 1. The molecule has 0 aliphatic carbocycles. The van der Waals surface area contributed by atoms with Crippen molar-refractivity contribution in [3.05, 3.63) is 35.4 Å². The maximum atomic E-state index is 4.58. The molecule has 0 spiro atoms. The van der Waals surface area contributed by atoms with E-state index in [9.17, 15) is 0 Å². The minimum atomic E-state index is 0.906. The van der Waals surface area contributed by atoms with Gasteiger partial charge in [0.15, 0.2) is 0 Å². The average Bonchev–Trinajstić information content (AvgIpc) is 2.65. The van der Waals surface area contributed by atoms with E-state index in [1.54, 1.807) is 0 Å². The number of rotatable bonds is 3. The van der Waals surface area contributed by atoms with Crippen LogP contribution in [0.1, 0.15) is 43.7 Å². The van der Waals surface area contributed by atoms with Gasteiger partial charge in [0.05, 0.1) is 5.84 Å². The van der Waals surface area contributed by atoms with Gasteiger partial charge in [0.25, 0.3) is 0 Å². The Morgan fingerprint density at radius 3 is 2.59 bits per heavy atom. The van der Waals surface area contributed by atoms with Crippen molar-refractivity contribution < 1.29 is 0 Å². The van der Waals surface area contributed by atoms with Crippen LogP contribution in [-0.4, -0.2) is 12.4 Å². The minimum Gasteiger partial charge on any atom is -0.370 e. The lowest BCUT2D eigenvalue weighted by atomic mass is 10.1. The fraction of sp³-hybridized carbons (Fsp3) is 0.533. The van der Waals surface area contributed by atoms with Crippen LogP contribution in [0.4, 0.5) is 0 Å². The molecule has 2 rings (SSSR count). The van der Waals surface area contributed by atoms with Crippen molar-refractivity contribution in [2.45, 2.75) is 45.6 Å². The lowest BCUT2D eigenvalue weighted by Gasteiger charge is -2.08. The lowest BCUT2D eigenvalue weighted by molar-refractivity contribution is 0.728. The van der Waals surface area contributed by atoms with Crippen molar-refractivity contribution >= 4 is 5.84 Å². The van der Waals surface area contributed by atoms with E-state index in [4.69, 9.17) is 0 Å². The third-order valence-electron chi connectivity index (χ3n) is 3.30. The molecule has 0 fully saturated rings. The van der Waals surface area contributed by atoms with Gasteiger partial charge in [-0.25, -0.2) is 0 Å². The van der Waals surface area contributed by atoms with Gasteiger partial charge in [0.2, 0.25) is 0 Å². The molecular formula is C15H22N2. The predicted molar refractivity (Wildman–Crippen MR) is 73.4 cm³/mol. The van der Waals surface area contributed by atoms with E-state index in [-0.39, 0.29) is 0 Å². The highest BCUT2D eigenvalue weighted by atomic mass is 15.0. The maximum Gasteiger partial charge on any atom is 0.0965 e. The Labute approximate surface area is 104 Å². The summed E-state index contributed by atoms with van der Waals surface area (Å²) in [4.78, 5) is 4.58. The normalized spacial score (nSPS) is 16.2. The van der Waals surface area contributed by atoms with Crippen LogP contribution in [-0.2, 0) is 13.0 Å². The zero-order valence-electron chi connectivity index (χ0n) is 10.7. The average molecular weight is 230 g/mol. The van der Waals surface area contributed by atoms with Gasteiger partial charge in [0, 0.05) is 19.5 Å². The second-order valence-corrected chi connectivity index (χ2v) is 4.66. The Morgan fingerprint density at radius 1 is 1.06 bits per heavy atom. The van der Waals surface area contributed by atoms with Crippen LogP contribution in [0.3, 0.4) is 0 Å². The lowest BCUT2D eigenvalue weighted by Crippen LogP contribution is -2.22. The van der Waals surface area contributed by atoms with E-state index in [2.05, 4.69) is 41.5 Å². The van der Waals surface area contributed by atoms with Crippen molar-refractivity contribution in [3.8, 4) is 0 Å². The Hall–Kier alpha value is -1.31. The van der Waals surface area contributed by atoms with Gasteiger partial charge in [-0.15, -0.1) is 0 Å². The van der Waals surface area contributed by atoms with E-state index in [0.717, 1.165) is 25.9 Å². The highest BCUT2D eigenvalue weighted by molar-refractivity contribution is 5.82. The third-order valence-corrected chi connectivity index (χ3v) is 3.30. The van der Waals surface area contributed by atoms with E-state index in [1.807, 2.05) is 0 Å². The largest absolute Gasteiger partial charge is 0.370 e. The van der Waals surface area contributed by atoms with Gasteiger partial charge in [0.1, 0.15) is 0 Å². The summed E-state index contributed by atoms with van der Waals surface area (Å²) in [5.74, 6) is 1.20. The van der Waals surface area contributed by atoms with Crippen molar-refractivity contribution in [1.29, 1.82) is 0 Å². The second kappa shape index (κ2) is 6.43. The summed E-state index contributed by atoms with van der Waals surface area (Å²) in [6.45, 7) is 4.09. The zero-order valence-corrected chi connectivity index (χ0v) is 10.7. The van der Waals surface area contributed by atoms with Crippen LogP contribution in [0, 0.1) is 0 Å². The van der Waals surface area contributed by atoms with Crippen molar-refractivity contribution in [3.63, 3.8) is 0 Å². The van der Waals surface area contributed by atoms with Crippen LogP contribution >= 0.6 is 0 Å². The van der Waals surface area contributed by atoms with Crippen LogP contribution in [0.25, 0.3) is 0 Å². The molecule has 17 heavy (non-hydrogen) atoms. The molecule has 1 aromatic rings. The summed E-state index contributed by atoms with van der Waals surface area (Å²) >= 11 is 0. The molecule has 0 saturated carbocycles. The molecule has 2 heteroatoms. The Bertz CT molecular complexity index is 365. The fourth-order valence-electron chi connectivity index (χ4n) is 2.12. The molecule has 0 unspecified atom stereocenters. The van der Waals surface area contributed by atoms with Crippen molar-refractivity contribution in [2.75, 3.05) is 6.54 Å². The first-order valence-corrected chi connectivity index (χ1v) is 6.73. The molecule has 0 saturated heterocycles. The van der Waals surface area contributed by atoms with E-state index in [1.165, 1.54) is 36.2 Å². The number of hydrogen-bond donors (Lipinski definition) is 1. The van der Waals surface area contributed by atoms with Gasteiger partial charge in [-0.2, -0.15) is 0 Å².